The SMILES string of the molecule is COCc1ccccc1NC(=O)N1CCN(c2ccccc2O)CC1. The first kappa shape index (κ1) is 17.1. The van der Waals surface area contributed by atoms with Gasteiger partial charge in [0.15, 0.2) is 0 Å². The monoisotopic (exact) mass is 341 g/mol. The van der Waals surface area contributed by atoms with Crippen LogP contribution in [0.5, 0.6) is 5.75 Å². The van der Waals surface area contributed by atoms with Crippen molar-refractivity contribution in [3.8, 4) is 5.75 Å². The van der Waals surface area contributed by atoms with Crippen LogP contribution in [0, 0.1) is 0 Å². The van der Waals surface area contributed by atoms with Gasteiger partial charge in [0.25, 0.3) is 0 Å². The van der Waals surface area contributed by atoms with Gasteiger partial charge in [0.1, 0.15) is 5.75 Å². The molecule has 0 radical (unpaired) electrons. The fourth-order valence-corrected chi connectivity index (χ4v) is 3.00. The van der Waals surface area contributed by atoms with Gasteiger partial charge in [0.05, 0.1) is 12.3 Å². The number of hydrogen-bond acceptors (Lipinski definition) is 4. The molecule has 2 aromatic rings. The van der Waals surface area contributed by atoms with Gasteiger partial charge in [0.2, 0.25) is 0 Å². The Morgan fingerprint density at radius 2 is 1.76 bits per heavy atom. The van der Waals surface area contributed by atoms with Crippen molar-refractivity contribution >= 4 is 17.4 Å². The smallest absolute Gasteiger partial charge is 0.321 e. The van der Waals surface area contributed by atoms with E-state index in [1.165, 1.54) is 0 Å². The number of methoxy groups -OCH3 is 1. The molecule has 2 amide bonds. The second-order valence-electron chi connectivity index (χ2n) is 5.98. The molecule has 25 heavy (non-hydrogen) atoms. The average molecular weight is 341 g/mol. The zero-order valence-electron chi connectivity index (χ0n) is 14.3. The number of phenols is 1. The van der Waals surface area contributed by atoms with E-state index in [4.69, 9.17) is 4.74 Å². The zero-order valence-corrected chi connectivity index (χ0v) is 14.3. The summed E-state index contributed by atoms with van der Waals surface area (Å²) in [5.74, 6) is 0.272. The van der Waals surface area contributed by atoms with Crippen molar-refractivity contribution in [2.45, 2.75) is 6.61 Å². The van der Waals surface area contributed by atoms with Gasteiger partial charge in [-0.15, -0.1) is 0 Å². The minimum atomic E-state index is -0.111. The molecule has 1 heterocycles. The molecule has 0 spiro atoms. The molecule has 3 rings (SSSR count). The summed E-state index contributed by atoms with van der Waals surface area (Å²) in [6.07, 6.45) is 0. The lowest BCUT2D eigenvalue weighted by molar-refractivity contribution is 0.185. The Kier molecular flexibility index (Phi) is 5.40. The maximum atomic E-state index is 12.5. The molecule has 0 aliphatic carbocycles. The summed E-state index contributed by atoms with van der Waals surface area (Å²) in [5.41, 5.74) is 2.54. The molecular formula is C19H23N3O3. The number of amides is 2. The first-order valence-corrected chi connectivity index (χ1v) is 8.35. The molecule has 0 unspecified atom stereocenters. The third-order valence-corrected chi connectivity index (χ3v) is 4.35. The number of nitrogens with one attached hydrogen (secondary N) is 1. The van der Waals surface area contributed by atoms with E-state index in [0.29, 0.717) is 32.8 Å². The second kappa shape index (κ2) is 7.90. The maximum Gasteiger partial charge on any atom is 0.321 e. The summed E-state index contributed by atoms with van der Waals surface area (Å²) in [5, 5.41) is 12.9. The Labute approximate surface area is 147 Å². The van der Waals surface area contributed by atoms with E-state index in [-0.39, 0.29) is 11.8 Å². The van der Waals surface area contributed by atoms with E-state index in [1.54, 1.807) is 24.1 Å². The van der Waals surface area contributed by atoms with Crippen molar-refractivity contribution in [1.29, 1.82) is 0 Å². The summed E-state index contributed by atoms with van der Waals surface area (Å²) in [6, 6.07) is 14.8. The molecule has 6 nitrogen and oxygen atoms in total. The van der Waals surface area contributed by atoms with Gasteiger partial charge >= 0.3 is 6.03 Å². The molecule has 0 atom stereocenters. The van der Waals surface area contributed by atoms with Gasteiger partial charge in [-0.1, -0.05) is 30.3 Å². The number of aromatic hydroxyl groups is 1. The highest BCUT2D eigenvalue weighted by Gasteiger charge is 2.23. The van der Waals surface area contributed by atoms with Crippen molar-refractivity contribution in [3.63, 3.8) is 0 Å². The zero-order chi connectivity index (χ0) is 17.6. The highest BCUT2D eigenvalue weighted by atomic mass is 16.5. The van der Waals surface area contributed by atoms with E-state index in [0.717, 1.165) is 16.9 Å². The minimum Gasteiger partial charge on any atom is -0.506 e. The lowest BCUT2D eigenvalue weighted by atomic mass is 10.2. The van der Waals surface area contributed by atoms with Crippen molar-refractivity contribution in [3.05, 3.63) is 54.1 Å². The van der Waals surface area contributed by atoms with Crippen LogP contribution in [0.25, 0.3) is 0 Å². The highest BCUT2D eigenvalue weighted by Crippen LogP contribution is 2.27. The normalized spacial score (nSPS) is 14.4. The van der Waals surface area contributed by atoms with Crippen LogP contribution < -0.4 is 10.2 Å². The number of piperazine rings is 1. The third kappa shape index (κ3) is 4.03. The number of benzene rings is 2. The number of phenolic OH excluding ortho intramolecular Hbond substituents is 1. The van der Waals surface area contributed by atoms with Crippen LogP contribution in [0.4, 0.5) is 16.2 Å². The molecule has 132 valence electrons. The first-order valence-electron chi connectivity index (χ1n) is 8.35. The molecule has 1 fully saturated rings. The highest BCUT2D eigenvalue weighted by molar-refractivity contribution is 5.90. The lowest BCUT2D eigenvalue weighted by Crippen LogP contribution is -2.50. The Hall–Kier alpha value is -2.73. The molecule has 1 aliphatic heterocycles. The molecule has 1 saturated heterocycles. The van der Waals surface area contributed by atoms with Gasteiger partial charge in [0, 0.05) is 44.5 Å². The van der Waals surface area contributed by atoms with Gasteiger partial charge in [-0.25, -0.2) is 4.79 Å². The van der Waals surface area contributed by atoms with Gasteiger partial charge in [-0.05, 0) is 18.2 Å². The molecule has 0 saturated carbocycles. The van der Waals surface area contributed by atoms with Crippen LogP contribution in [-0.4, -0.2) is 49.3 Å². The fourth-order valence-electron chi connectivity index (χ4n) is 3.00. The number of hydrogen-bond donors (Lipinski definition) is 2. The summed E-state index contributed by atoms with van der Waals surface area (Å²) < 4.78 is 5.17. The Morgan fingerprint density at radius 3 is 2.48 bits per heavy atom. The Bertz CT molecular complexity index is 727. The molecule has 6 heteroatoms. The van der Waals surface area contributed by atoms with Gasteiger partial charge < -0.3 is 25.0 Å². The minimum absolute atomic E-state index is 0.111. The number of ether oxygens (including phenoxy) is 1. The predicted octanol–water partition coefficient (Wildman–Crippen LogP) is 2.89. The summed E-state index contributed by atoms with van der Waals surface area (Å²) in [4.78, 5) is 16.4. The number of nitrogens with zero attached hydrogens (tertiary/aromatic N) is 2. The first-order chi connectivity index (χ1) is 12.2. The van der Waals surface area contributed by atoms with E-state index in [1.807, 2.05) is 36.4 Å². The van der Waals surface area contributed by atoms with Crippen molar-refractivity contribution in [2.24, 2.45) is 0 Å². The Balaban J connectivity index is 1.60. The molecule has 0 bridgehead atoms. The number of carbonyl (C=O) groups is 1. The number of para-hydroxylation sites is 3. The van der Waals surface area contributed by atoms with Crippen molar-refractivity contribution < 1.29 is 14.6 Å². The quantitative estimate of drug-likeness (QED) is 0.897. The van der Waals surface area contributed by atoms with Crippen molar-refractivity contribution in [2.75, 3.05) is 43.5 Å². The van der Waals surface area contributed by atoms with E-state index in [2.05, 4.69) is 10.2 Å². The second-order valence-corrected chi connectivity index (χ2v) is 5.98. The molecule has 1 aliphatic rings. The standard InChI is InChI=1S/C19H23N3O3/c1-25-14-15-6-2-3-7-16(15)20-19(24)22-12-10-21(11-13-22)17-8-4-5-9-18(17)23/h2-9,23H,10-14H2,1H3,(H,20,24). The van der Waals surface area contributed by atoms with Crippen LogP contribution in [0.1, 0.15) is 5.56 Å². The molecule has 0 aromatic heterocycles. The number of anilines is 2. The van der Waals surface area contributed by atoms with Gasteiger partial charge in [-0.2, -0.15) is 0 Å². The average Bonchev–Trinajstić information content (AvgIpc) is 2.64. The van der Waals surface area contributed by atoms with Crippen LogP contribution in [0.2, 0.25) is 0 Å². The topological polar surface area (TPSA) is 65.0 Å². The van der Waals surface area contributed by atoms with E-state index < -0.39 is 0 Å². The molecule has 2 aromatic carbocycles. The third-order valence-electron chi connectivity index (χ3n) is 4.35. The van der Waals surface area contributed by atoms with Crippen LogP contribution >= 0.6 is 0 Å². The number of urea groups is 1. The molecular weight excluding hydrogens is 318 g/mol. The van der Waals surface area contributed by atoms with E-state index in [9.17, 15) is 9.90 Å². The largest absolute Gasteiger partial charge is 0.506 e. The number of carbonyl (C=O) groups excluding carboxylic acids is 1. The molecule has 2 N–H and O–H groups in total. The lowest BCUT2D eigenvalue weighted by Gasteiger charge is -2.36. The van der Waals surface area contributed by atoms with Gasteiger partial charge in [-0.3, -0.25) is 0 Å². The summed E-state index contributed by atoms with van der Waals surface area (Å²) in [6.45, 7) is 3.03. The fraction of sp³-hybridized carbons (Fsp3) is 0.316. The summed E-state index contributed by atoms with van der Waals surface area (Å²) in [7, 11) is 1.64. The number of rotatable bonds is 4. The summed E-state index contributed by atoms with van der Waals surface area (Å²) >= 11 is 0. The van der Waals surface area contributed by atoms with Crippen LogP contribution in [0.3, 0.4) is 0 Å². The Morgan fingerprint density at radius 1 is 1.08 bits per heavy atom. The van der Waals surface area contributed by atoms with E-state index >= 15 is 0 Å². The van der Waals surface area contributed by atoms with Crippen molar-refractivity contribution in [1.82, 2.24) is 4.90 Å². The predicted molar refractivity (Wildman–Crippen MR) is 98.1 cm³/mol. The van der Waals surface area contributed by atoms with Crippen LogP contribution in [-0.2, 0) is 11.3 Å². The maximum absolute atomic E-state index is 12.5. The van der Waals surface area contributed by atoms with Crippen LogP contribution in [0.15, 0.2) is 48.5 Å².